The Hall–Kier alpha value is -0.580. The van der Waals surface area contributed by atoms with Gasteiger partial charge < -0.3 is 10.2 Å². The summed E-state index contributed by atoms with van der Waals surface area (Å²) < 4.78 is 0.642. The second-order valence-corrected chi connectivity index (χ2v) is 5.49. The maximum Gasteiger partial charge on any atom is 0.309 e. The fraction of sp³-hybridized carbons (Fsp3) is 0.417. The molecular formula is C12H14BrClO3. The Labute approximate surface area is 114 Å². The molecule has 2 atom stereocenters. The van der Waals surface area contributed by atoms with Gasteiger partial charge in [0.1, 0.15) is 0 Å². The van der Waals surface area contributed by atoms with Crippen LogP contribution in [0.3, 0.4) is 0 Å². The first kappa shape index (κ1) is 14.5. The summed E-state index contributed by atoms with van der Waals surface area (Å²) in [5.74, 6) is -1.99. The maximum absolute atomic E-state index is 11.1. The minimum absolute atomic E-state index is 0.156. The van der Waals surface area contributed by atoms with Crippen molar-refractivity contribution < 1.29 is 15.0 Å². The first-order chi connectivity index (χ1) is 7.84. The first-order valence-electron chi connectivity index (χ1n) is 5.20. The van der Waals surface area contributed by atoms with Crippen molar-refractivity contribution in [2.45, 2.75) is 20.0 Å². The zero-order chi connectivity index (χ0) is 13.2. The summed E-state index contributed by atoms with van der Waals surface area (Å²) in [6, 6.07) is 4.91. The molecule has 94 valence electrons. The Morgan fingerprint density at radius 2 is 2.00 bits per heavy atom. The van der Waals surface area contributed by atoms with Gasteiger partial charge in [0.15, 0.2) is 0 Å². The van der Waals surface area contributed by atoms with Crippen LogP contribution in [0.2, 0.25) is 5.02 Å². The van der Waals surface area contributed by atoms with E-state index in [1.54, 1.807) is 32.0 Å². The Balaban J connectivity index is 3.05. The number of aliphatic hydroxyl groups excluding tert-OH is 1. The normalized spacial score (nSPS) is 14.7. The number of carboxylic acid groups (broad SMARTS) is 1. The van der Waals surface area contributed by atoms with Crippen LogP contribution in [0.5, 0.6) is 0 Å². The number of rotatable bonds is 4. The van der Waals surface area contributed by atoms with E-state index in [0.29, 0.717) is 15.1 Å². The Morgan fingerprint density at radius 1 is 1.41 bits per heavy atom. The fourth-order valence-electron chi connectivity index (χ4n) is 1.69. The lowest BCUT2D eigenvalue weighted by molar-refractivity contribution is -0.148. The smallest absolute Gasteiger partial charge is 0.309 e. The van der Waals surface area contributed by atoms with Crippen LogP contribution in [-0.4, -0.2) is 16.2 Å². The summed E-state index contributed by atoms with van der Waals surface area (Å²) >= 11 is 9.09. The molecule has 0 amide bonds. The van der Waals surface area contributed by atoms with E-state index in [2.05, 4.69) is 15.9 Å². The van der Waals surface area contributed by atoms with E-state index in [4.69, 9.17) is 16.7 Å². The van der Waals surface area contributed by atoms with E-state index in [1.807, 2.05) is 0 Å². The van der Waals surface area contributed by atoms with E-state index in [9.17, 15) is 9.90 Å². The second-order valence-electron chi connectivity index (χ2n) is 4.23. The van der Waals surface area contributed by atoms with Gasteiger partial charge in [-0.25, -0.2) is 0 Å². The van der Waals surface area contributed by atoms with Crippen molar-refractivity contribution in [1.29, 1.82) is 0 Å². The first-order valence-corrected chi connectivity index (χ1v) is 6.37. The average Bonchev–Trinajstić information content (AvgIpc) is 2.20. The van der Waals surface area contributed by atoms with Gasteiger partial charge in [0.25, 0.3) is 0 Å². The standard InChI is InChI=1S/C12H14BrClO3/c1-6(2)10(12(16)17)11(15)7-3-4-9(14)8(13)5-7/h3-6,10-11,15H,1-2H3,(H,16,17). The molecule has 17 heavy (non-hydrogen) atoms. The minimum Gasteiger partial charge on any atom is -0.481 e. The van der Waals surface area contributed by atoms with Crippen LogP contribution in [0, 0.1) is 11.8 Å². The van der Waals surface area contributed by atoms with Gasteiger partial charge in [0.2, 0.25) is 0 Å². The molecule has 0 aliphatic heterocycles. The third-order valence-electron chi connectivity index (χ3n) is 2.63. The molecule has 1 aromatic rings. The molecule has 5 heteroatoms. The summed E-state index contributed by atoms with van der Waals surface area (Å²) in [5.41, 5.74) is 0.544. The van der Waals surface area contributed by atoms with Crippen molar-refractivity contribution in [3.63, 3.8) is 0 Å². The molecule has 0 saturated heterocycles. The fourth-order valence-corrected chi connectivity index (χ4v) is 2.20. The van der Waals surface area contributed by atoms with E-state index < -0.39 is 18.0 Å². The van der Waals surface area contributed by atoms with Gasteiger partial charge in [-0.2, -0.15) is 0 Å². The summed E-state index contributed by atoms with van der Waals surface area (Å²) in [5, 5.41) is 19.7. The van der Waals surface area contributed by atoms with E-state index in [0.717, 1.165) is 0 Å². The lowest BCUT2D eigenvalue weighted by Crippen LogP contribution is -2.26. The van der Waals surface area contributed by atoms with Crippen molar-refractivity contribution in [2.75, 3.05) is 0 Å². The highest BCUT2D eigenvalue weighted by atomic mass is 79.9. The van der Waals surface area contributed by atoms with Crippen LogP contribution in [0.4, 0.5) is 0 Å². The lowest BCUT2D eigenvalue weighted by atomic mass is 9.87. The van der Waals surface area contributed by atoms with Crippen molar-refractivity contribution in [1.82, 2.24) is 0 Å². The highest BCUT2D eigenvalue weighted by Gasteiger charge is 2.30. The molecule has 1 rings (SSSR count). The molecule has 0 aromatic heterocycles. The molecule has 0 saturated carbocycles. The largest absolute Gasteiger partial charge is 0.481 e. The van der Waals surface area contributed by atoms with Gasteiger partial charge in [-0.1, -0.05) is 31.5 Å². The molecule has 0 fully saturated rings. The highest BCUT2D eigenvalue weighted by Crippen LogP contribution is 2.32. The highest BCUT2D eigenvalue weighted by molar-refractivity contribution is 9.10. The van der Waals surface area contributed by atoms with Crippen molar-refractivity contribution >= 4 is 33.5 Å². The molecule has 0 spiro atoms. The van der Waals surface area contributed by atoms with Crippen LogP contribution >= 0.6 is 27.5 Å². The van der Waals surface area contributed by atoms with E-state index in [1.165, 1.54) is 0 Å². The number of carbonyl (C=O) groups is 1. The van der Waals surface area contributed by atoms with Crippen molar-refractivity contribution in [2.24, 2.45) is 11.8 Å². The average molecular weight is 322 g/mol. The quantitative estimate of drug-likeness (QED) is 0.892. The molecule has 0 aliphatic rings. The van der Waals surface area contributed by atoms with Crippen LogP contribution in [0.25, 0.3) is 0 Å². The molecule has 0 aliphatic carbocycles. The van der Waals surface area contributed by atoms with Gasteiger partial charge in [-0.05, 0) is 39.5 Å². The molecule has 1 aromatic carbocycles. The van der Waals surface area contributed by atoms with Gasteiger partial charge in [-0.3, -0.25) is 4.79 Å². The Morgan fingerprint density at radius 3 is 2.41 bits per heavy atom. The molecule has 2 unspecified atom stereocenters. The summed E-state index contributed by atoms with van der Waals surface area (Å²) in [6.45, 7) is 3.54. The van der Waals surface area contributed by atoms with E-state index in [-0.39, 0.29) is 5.92 Å². The molecule has 0 bridgehead atoms. The predicted molar refractivity (Wildman–Crippen MR) is 70.1 cm³/mol. The number of halogens is 2. The van der Waals surface area contributed by atoms with Gasteiger partial charge in [0.05, 0.1) is 17.0 Å². The van der Waals surface area contributed by atoms with Crippen LogP contribution in [0.1, 0.15) is 25.5 Å². The molecule has 0 heterocycles. The van der Waals surface area contributed by atoms with Crippen LogP contribution in [0.15, 0.2) is 22.7 Å². The van der Waals surface area contributed by atoms with Gasteiger partial charge in [0, 0.05) is 4.47 Å². The second kappa shape index (κ2) is 5.85. The molecule has 0 radical (unpaired) electrons. The lowest BCUT2D eigenvalue weighted by Gasteiger charge is -2.23. The molecule has 2 N–H and O–H groups in total. The zero-order valence-corrected chi connectivity index (χ0v) is 11.9. The topological polar surface area (TPSA) is 57.5 Å². The molecule has 3 nitrogen and oxygen atoms in total. The maximum atomic E-state index is 11.1. The van der Waals surface area contributed by atoms with Crippen LogP contribution in [-0.2, 0) is 4.79 Å². The third kappa shape index (κ3) is 3.44. The van der Waals surface area contributed by atoms with Crippen molar-refractivity contribution in [3.05, 3.63) is 33.3 Å². The van der Waals surface area contributed by atoms with Crippen molar-refractivity contribution in [3.8, 4) is 0 Å². The number of aliphatic carboxylic acids is 1. The number of aliphatic hydroxyl groups is 1. The number of hydrogen-bond acceptors (Lipinski definition) is 2. The zero-order valence-electron chi connectivity index (χ0n) is 9.52. The number of hydrogen-bond donors (Lipinski definition) is 2. The minimum atomic E-state index is -1.04. The van der Waals surface area contributed by atoms with Gasteiger partial charge in [-0.15, -0.1) is 0 Å². The van der Waals surface area contributed by atoms with Crippen LogP contribution < -0.4 is 0 Å². The predicted octanol–water partition coefficient (Wildman–Crippen LogP) is 3.49. The Kier molecular flexibility index (Phi) is 4.98. The summed E-state index contributed by atoms with van der Waals surface area (Å²) in [6.07, 6.45) is -1.04. The Bertz CT molecular complexity index is 420. The monoisotopic (exact) mass is 320 g/mol. The molecular weight excluding hydrogens is 307 g/mol. The summed E-state index contributed by atoms with van der Waals surface area (Å²) in [4.78, 5) is 11.1. The number of benzene rings is 1. The van der Waals surface area contributed by atoms with E-state index >= 15 is 0 Å². The SMILES string of the molecule is CC(C)C(C(=O)O)C(O)c1ccc(Cl)c(Br)c1. The van der Waals surface area contributed by atoms with Gasteiger partial charge >= 0.3 is 5.97 Å². The number of carboxylic acids is 1. The summed E-state index contributed by atoms with van der Waals surface area (Å²) in [7, 11) is 0. The third-order valence-corrected chi connectivity index (χ3v) is 3.84.